The van der Waals surface area contributed by atoms with Gasteiger partial charge in [0.15, 0.2) is 0 Å². The molecular formula is C17H19ClN2OS. The Bertz CT molecular complexity index is 747. The number of thioether (sulfide) groups is 1. The van der Waals surface area contributed by atoms with E-state index in [9.17, 15) is 4.79 Å². The van der Waals surface area contributed by atoms with Crippen LogP contribution in [0.15, 0.2) is 46.7 Å². The Hall–Kier alpha value is -1.52. The molecular weight excluding hydrogens is 316 g/mol. The summed E-state index contributed by atoms with van der Waals surface area (Å²) in [5.41, 5.74) is 1.59. The Balaban J connectivity index is 2.22. The fourth-order valence-corrected chi connectivity index (χ4v) is 3.10. The molecule has 1 aromatic carbocycles. The summed E-state index contributed by atoms with van der Waals surface area (Å²) in [7, 11) is 0. The molecule has 0 aliphatic heterocycles. The summed E-state index contributed by atoms with van der Waals surface area (Å²) >= 11 is 7.73. The molecule has 0 aliphatic rings. The van der Waals surface area contributed by atoms with Crippen molar-refractivity contribution in [2.75, 3.05) is 0 Å². The van der Waals surface area contributed by atoms with Gasteiger partial charge in [0.1, 0.15) is 5.02 Å². The van der Waals surface area contributed by atoms with E-state index in [4.69, 9.17) is 11.6 Å². The van der Waals surface area contributed by atoms with Crippen molar-refractivity contribution in [3.05, 3.63) is 63.5 Å². The van der Waals surface area contributed by atoms with E-state index in [0.29, 0.717) is 4.90 Å². The third-order valence-corrected chi connectivity index (χ3v) is 4.68. The van der Waals surface area contributed by atoms with Crippen LogP contribution in [0.25, 0.3) is 6.08 Å². The molecule has 2 rings (SSSR count). The highest BCUT2D eigenvalue weighted by molar-refractivity contribution is 7.98. The first-order chi connectivity index (χ1) is 10.3. The lowest BCUT2D eigenvalue weighted by Gasteiger charge is -2.21. The monoisotopic (exact) mass is 334 g/mol. The summed E-state index contributed by atoms with van der Waals surface area (Å²) in [5, 5.41) is 4.47. The molecule has 1 aromatic heterocycles. The lowest BCUT2D eigenvalue weighted by molar-refractivity contribution is 0.336. The number of hydrogen-bond donors (Lipinski definition) is 0. The van der Waals surface area contributed by atoms with Gasteiger partial charge in [0.05, 0.1) is 16.6 Å². The summed E-state index contributed by atoms with van der Waals surface area (Å²) in [4.78, 5) is 13.0. The molecule has 0 saturated heterocycles. The molecule has 5 heteroatoms. The smallest absolute Gasteiger partial charge is 0.266 e. The first kappa shape index (κ1) is 16.8. The lowest BCUT2D eigenvalue weighted by Crippen LogP contribution is -2.36. The number of hydrogen-bond acceptors (Lipinski definition) is 3. The van der Waals surface area contributed by atoms with Crippen LogP contribution in [0.4, 0.5) is 0 Å². The van der Waals surface area contributed by atoms with Crippen molar-refractivity contribution in [3.63, 3.8) is 0 Å². The summed E-state index contributed by atoms with van der Waals surface area (Å²) in [6, 6.07) is 8.10. The maximum atomic E-state index is 12.3. The number of nitrogens with zero attached hydrogens (tertiary/aromatic N) is 2. The number of aromatic nitrogens is 2. The minimum atomic E-state index is -0.387. The molecule has 0 unspecified atom stereocenters. The van der Waals surface area contributed by atoms with Gasteiger partial charge in [-0.15, -0.1) is 11.8 Å². The van der Waals surface area contributed by atoms with Crippen molar-refractivity contribution in [2.24, 2.45) is 0 Å². The van der Waals surface area contributed by atoms with Crippen LogP contribution in [0.3, 0.4) is 0 Å². The second-order valence-electron chi connectivity index (χ2n) is 5.95. The fourth-order valence-electron chi connectivity index (χ4n) is 1.97. The predicted molar refractivity (Wildman–Crippen MR) is 94.6 cm³/mol. The molecule has 0 amide bonds. The van der Waals surface area contributed by atoms with Crippen LogP contribution in [-0.4, -0.2) is 9.78 Å². The zero-order valence-electron chi connectivity index (χ0n) is 13.0. The summed E-state index contributed by atoms with van der Waals surface area (Å²) < 4.78 is 1.41. The normalized spacial score (nSPS) is 11.5. The van der Waals surface area contributed by atoms with E-state index in [1.54, 1.807) is 6.20 Å². The van der Waals surface area contributed by atoms with Gasteiger partial charge in [0, 0.05) is 5.75 Å². The van der Waals surface area contributed by atoms with E-state index in [0.717, 1.165) is 16.9 Å². The number of halogens is 1. The van der Waals surface area contributed by atoms with Crippen LogP contribution >= 0.6 is 23.4 Å². The van der Waals surface area contributed by atoms with Gasteiger partial charge in [-0.05, 0) is 31.9 Å². The predicted octanol–water partition coefficient (Wildman–Crippen LogP) is 4.59. The van der Waals surface area contributed by atoms with Gasteiger partial charge in [0.2, 0.25) is 0 Å². The maximum absolute atomic E-state index is 12.3. The van der Waals surface area contributed by atoms with Gasteiger partial charge in [-0.1, -0.05) is 48.5 Å². The standard InChI is InChI=1S/C17H19ClN2OS/c1-5-12-7-6-8-13(9-12)11-22-14-10-19-20(17(2,3)4)16(21)15(14)18/h5-10H,1,11H2,2-4H3. The van der Waals surface area contributed by atoms with Crippen LogP contribution in [0.5, 0.6) is 0 Å². The Morgan fingerprint density at radius 1 is 1.41 bits per heavy atom. The minimum Gasteiger partial charge on any atom is -0.266 e. The zero-order valence-corrected chi connectivity index (χ0v) is 14.5. The molecule has 0 fully saturated rings. The molecule has 0 radical (unpaired) electrons. The molecule has 0 N–H and O–H groups in total. The van der Waals surface area contributed by atoms with Crippen molar-refractivity contribution in [2.45, 2.75) is 37.0 Å². The Morgan fingerprint density at radius 3 is 2.77 bits per heavy atom. The summed E-state index contributed by atoms with van der Waals surface area (Å²) in [5.74, 6) is 0.724. The average Bonchev–Trinajstić information content (AvgIpc) is 2.47. The Kier molecular flexibility index (Phi) is 5.14. The first-order valence-electron chi connectivity index (χ1n) is 6.95. The van der Waals surface area contributed by atoms with Gasteiger partial charge >= 0.3 is 0 Å². The molecule has 2 aromatic rings. The summed E-state index contributed by atoms with van der Waals surface area (Å²) in [6.07, 6.45) is 3.48. The highest BCUT2D eigenvalue weighted by Crippen LogP contribution is 2.27. The van der Waals surface area contributed by atoms with Crippen LogP contribution in [0.2, 0.25) is 5.02 Å². The van der Waals surface area contributed by atoms with Crippen LogP contribution in [0, 0.1) is 0 Å². The molecule has 3 nitrogen and oxygen atoms in total. The third-order valence-electron chi connectivity index (χ3n) is 3.10. The third kappa shape index (κ3) is 3.81. The minimum absolute atomic E-state index is 0.231. The second kappa shape index (κ2) is 6.71. The van der Waals surface area contributed by atoms with Crippen molar-refractivity contribution in [1.82, 2.24) is 9.78 Å². The molecule has 0 atom stereocenters. The summed E-state index contributed by atoms with van der Waals surface area (Å²) in [6.45, 7) is 9.53. The van der Waals surface area contributed by atoms with Crippen molar-refractivity contribution >= 4 is 29.4 Å². The van der Waals surface area contributed by atoms with E-state index < -0.39 is 0 Å². The molecule has 1 heterocycles. The van der Waals surface area contributed by atoms with E-state index >= 15 is 0 Å². The van der Waals surface area contributed by atoms with E-state index in [1.165, 1.54) is 16.4 Å². The lowest BCUT2D eigenvalue weighted by atomic mass is 10.1. The fraction of sp³-hybridized carbons (Fsp3) is 0.294. The zero-order chi connectivity index (χ0) is 16.3. The van der Waals surface area contributed by atoms with Gasteiger partial charge in [-0.25, -0.2) is 4.68 Å². The quantitative estimate of drug-likeness (QED) is 0.767. The average molecular weight is 335 g/mol. The van der Waals surface area contributed by atoms with Crippen LogP contribution < -0.4 is 5.56 Å². The van der Waals surface area contributed by atoms with E-state index in [-0.39, 0.29) is 16.1 Å². The topological polar surface area (TPSA) is 34.9 Å². The van der Waals surface area contributed by atoms with Gasteiger partial charge in [0.25, 0.3) is 5.56 Å². The molecule has 0 bridgehead atoms. The van der Waals surface area contributed by atoms with Crippen molar-refractivity contribution in [3.8, 4) is 0 Å². The highest BCUT2D eigenvalue weighted by Gasteiger charge is 2.19. The Morgan fingerprint density at radius 2 is 2.14 bits per heavy atom. The Labute approximate surface area is 140 Å². The van der Waals surface area contributed by atoms with E-state index in [2.05, 4.69) is 17.7 Å². The number of rotatable bonds is 4. The van der Waals surface area contributed by atoms with Gasteiger partial charge < -0.3 is 0 Å². The largest absolute Gasteiger partial charge is 0.287 e. The van der Waals surface area contributed by atoms with Crippen molar-refractivity contribution in [1.29, 1.82) is 0 Å². The molecule has 116 valence electrons. The van der Waals surface area contributed by atoms with Gasteiger partial charge in [-0.3, -0.25) is 4.79 Å². The SMILES string of the molecule is C=Cc1cccc(CSc2cnn(C(C)(C)C)c(=O)c2Cl)c1. The van der Waals surface area contributed by atoms with Crippen LogP contribution in [-0.2, 0) is 11.3 Å². The van der Waals surface area contributed by atoms with Crippen molar-refractivity contribution < 1.29 is 0 Å². The molecule has 0 spiro atoms. The highest BCUT2D eigenvalue weighted by atomic mass is 35.5. The van der Waals surface area contributed by atoms with E-state index in [1.807, 2.05) is 45.0 Å². The number of benzene rings is 1. The second-order valence-corrected chi connectivity index (χ2v) is 7.34. The van der Waals surface area contributed by atoms with Gasteiger partial charge in [-0.2, -0.15) is 5.10 Å². The molecule has 0 saturated carbocycles. The van der Waals surface area contributed by atoms with Crippen LogP contribution in [0.1, 0.15) is 31.9 Å². The maximum Gasteiger partial charge on any atom is 0.287 e. The first-order valence-corrected chi connectivity index (χ1v) is 8.32. The molecule has 0 aliphatic carbocycles. The molecule has 22 heavy (non-hydrogen) atoms.